The lowest BCUT2D eigenvalue weighted by atomic mass is 10.1. The van der Waals surface area contributed by atoms with Crippen molar-refractivity contribution in [2.75, 3.05) is 30.4 Å². The number of carbonyl (C=O) groups is 2. The molecule has 218 valence electrons. The van der Waals surface area contributed by atoms with Crippen LogP contribution in [0.1, 0.15) is 34.5 Å². The first kappa shape index (κ1) is 30.1. The average molecular weight is 588 g/mol. The minimum Gasteiger partial charge on any atom is -0.493 e. The number of sulfonamides is 1. The van der Waals surface area contributed by atoms with Crippen molar-refractivity contribution >= 4 is 33.2 Å². The van der Waals surface area contributed by atoms with Crippen LogP contribution in [-0.4, -0.2) is 41.0 Å². The summed E-state index contributed by atoms with van der Waals surface area (Å²) in [5.41, 5.74) is 2.66. The molecule has 2 N–H and O–H groups in total. The molecule has 42 heavy (non-hydrogen) atoms. The van der Waals surface area contributed by atoms with Crippen molar-refractivity contribution in [2.45, 2.75) is 24.8 Å². The molecule has 0 fully saturated rings. The summed E-state index contributed by atoms with van der Waals surface area (Å²) in [5.74, 6) is -0.407. The molecule has 0 aliphatic rings. The van der Waals surface area contributed by atoms with E-state index in [2.05, 4.69) is 10.6 Å². The Morgan fingerprint density at radius 2 is 1.48 bits per heavy atom. The summed E-state index contributed by atoms with van der Waals surface area (Å²) in [6.45, 7) is 3.20. The van der Waals surface area contributed by atoms with Gasteiger partial charge in [-0.3, -0.25) is 13.9 Å². The number of ether oxygens (including phenoxy) is 2. The Balaban J connectivity index is 1.61. The van der Waals surface area contributed by atoms with Crippen LogP contribution < -0.4 is 24.4 Å². The third-order valence-corrected chi connectivity index (χ3v) is 8.41. The molecular formula is C32H33N3O6S. The first-order chi connectivity index (χ1) is 20.1. The second-order valence-electron chi connectivity index (χ2n) is 9.56. The molecule has 0 heterocycles. The standard InChI is InChI=1S/C32H33N3O6S/c1-22-14-16-25(17-15-22)35(42(38,39)26-18-19-29(40-3)30(20-26)41-4)21-31(36)34-28-13-9-8-12-27(28)32(37)33-23(2)24-10-6-5-7-11-24/h5-20,23H,21H2,1-4H3,(H,33,37)(H,34,36)/t23-/m1/s1. The maximum absolute atomic E-state index is 13.9. The molecule has 0 spiro atoms. The van der Waals surface area contributed by atoms with Crippen molar-refractivity contribution in [2.24, 2.45) is 0 Å². The SMILES string of the molecule is COc1ccc(S(=O)(=O)N(CC(=O)Nc2ccccc2C(=O)N[C@H](C)c2ccccc2)c2ccc(C)cc2)cc1OC. The lowest BCUT2D eigenvalue weighted by molar-refractivity contribution is -0.114. The normalized spacial score (nSPS) is 11.7. The molecule has 10 heteroatoms. The zero-order valence-electron chi connectivity index (χ0n) is 23.8. The Labute approximate surface area is 246 Å². The van der Waals surface area contributed by atoms with Crippen LogP contribution in [0.5, 0.6) is 11.5 Å². The van der Waals surface area contributed by atoms with Gasteiger partial charge in [0, 0.05) is 6.07 Å². The Morgan fingerprint density at radius 1 is 0.833 bits per heavy atom. The minimum atomic E-state index is -4.23. The van der Waals surface area contributed by atoms with Gasteiger partial charge in [0.15, 0.2) is 11.5 Å². The van der Waals surface area contributed by atoms with Crippen molar-refractivity contribution in [3.05, 3.63) is 114 Å². The summed E-state index contributed by atoms with van der Waals surface area (Å²) in [5, 5.41) is 5.68. The van der Waals surface area contributed by atoms with Crippen LogP contribution in [0.3, 0.4) is 0 Å². The number of para-hydroxylation sites is 1. The molecule has 9 nitrogen and oxygen atoms in total. The molecule has 0 aromatic heterocycles. The highest BCUT2D eigenvalue weighted by Crippen LogP contribution is 2.32. The molecule has 0 aliphatic heterocycles. The van der Waals surface area contributed by atoms with Gasteiger partial charge in [0.25, 0.3) is 15.9 Å². The van der Waals surface area contributed by atoms with Crippen LogP contribution in [-0.2, 0) is 14.8 Å². The van der Waals surface area contributed by atoms with Crippen molar-refractivity contribution in [3.63, 3.8) is 0 Å². The van der Waals surface area contributed by atoms with Crippen LogP contribution in [0.25, 0.3) is 0 Å². The van der Waals surface area contributed by atoms with Gasteiger partial charge in [-0.05, 0) is 55.8 Å². The molecular weight excluding hydrogens is 554 g/mol. The fourth-order valence-corrected chi connectivity index (χ4v) is 5.78. The van der Waals surface area contributed by atoms with E-state index >= 15 is 0 Å². The molecule has 0 unspecified atom stereocenters. The largest absolute Gasteiger partial charge is 0.493 e. The number of hydrogen-bond donors (Lipinski definition) is 2. The van der Waals surface area contributed by atoms with Gasteiger partial charge in [-0.25, -0.2) is 8.42 Å². The van der Waals surface area contributed by atoms with E-state index in [1.165, 1.54) is 32.4 Å². The van der Waals surface area contributed by atoms with Gasteiger partial charge in [-0.2, -0.15) is 0 Å². The van der Waals surface area contributed by atoms with Gasteiger partial charge in [0.1, 0.15) is 6.54 Å². The summed E-state index contributed by atoms with van der Waals surface area (Å²) in [6, 6.07) is 26.8. The number of carbonyl (C=O) groups excluding carboxylic acids is 2. The first-order valence-electron chi connectivity index (χ1n) is 13.2. The molecule has 0 aliphatic carbocycles. The van der Waals surface area contributed by atoms with E-state index < -0.39 is 22.5 Å². The quantitative estimate of drug-likeness (QED) is 0.245. The molecule has 4 aromatic rings. The average Bonchev–Trinajstić information content (AvgIpc) is 3.00. The maximum Gasteiger partial charge on any atom is 0.264 e. The van der Waals surface area contributed by atoms with E-state index in [0.29, 0.717) is 11.4 Å². The molecule has 4 rings (SSSR count). The molecule has 1 atom stereocenters. The molecule has 0 saturated carbocycles. The molecule has 0 radical (unpaired) electrons. The van der Waals surface area contributed by atoms with Crippen LogP contribution in [0.2, 0.25) is 0 Å². The Bertz CT molecular complexity index is 1660. The van der Waals surface area contributed by atoms with Gasteiger partial charge < -0.3 is 20.1 Å². The number of benzene rings is 4. The summed E-state index contributed by atoms with van der Waals surface area (Å²) in [6.07, 6.45) is 0. The number of nitrogens with zero attached hydrogens (tertiary/aromatic N) is 1. The number of hydrogen-bond acceptors (Lipinski definition) is 6. The topological polar surface area (TPSA) is 114 Å². The summed E-state index contributed by atoms with van der Waals surface area (Å²) < 4.78 is 39.3. The second-order valence-corrected chi connectivity index (χ2v) is 11.4. The highest BCUT2D eigenvalue weighted by Gasteiger charge is 2.29. The molecule has 4 aromatic carbocycles. The van der Waals surface area contributed by atoms with Crippen molar-refractivity contribution in [1.29, 1.82) is 0 Å². The smallest absolute Gasteiger partial charge is 0.264 e. The van der Waals surface area contributed by atoms with E-state index in [1.54, 1.807) is 48.5 Å². The van der Waals surface area contributed by atoms with Crippen molar-refractivity contribution in [3.8, 4) is 11.5 Å². The highest BCUT2D eigenvalue weighted by atomic mass is 32.2. The Kier molecular flexibility index (Phi) is 9.49. The van der Waals surface area contributed by atoms with E-state index in [1.807, 2.05) is 44.2 Å². The Hall–Kier alpha value is -4.83. The summed E-state index contributed by atoms with van der Waals surface area (Å²) in [4.78, 5) is 26.5. The predicted octanol–water partition coefficient (Wildman–Crippen LogP) is 5.34. The highest BCUT2D eigenvalue weighted by molar-refractivity contribution is 7.92. The number of amides is 2. The third kappa shape index (κ3) is 6.90. The number of aryl methyl sites for hydroxylation is 1. The summed E-state index contributed by atoms with van der Waals surface area (Å²) >= 11 is 0. The van der Waals surface area contributed by atoms with E-state index in [4.69, 9.17) is 9.47 Å². The van der Waals surface area contributed by atoms with Crippen molar-refractivity contribution in [1.82, 2.24) is 5.32 Å². The number of nitrogens with one attached hydrogen (secondary N) is 2. The van der Waals surface area contributed by atoms with Gasteiger partial charge in [0.05, 0.1) is 42.1 Å². The molecule has 0 bridgehead atoms. The summed E-state index contributed by atoms with van der Waals surface area (Å²) in [7, 11) is -1.36. The van der Waals surface area contributed by atoms with Gasteiger partial charge in [-0.1, -0.05) is 60.2 Å². The van der Waals surface area contributed by atoms with Crippen LogP contribution in [0.15, 0.2) is 102 Å². The monoisotopic (exact) mass is 587 g/mol. The van der Waals surface area contributed by atoms with E-state index in [0.717, 1.165) is 15.4 Å². The van der Waals surface area contributed by atoms with Gasteiger partial charge in [0.2, 0.25) is 5.91 Å². The van der Waals surface area contributed by atoms with Gasteiger partial charge >= 0.3 is 0 Å². The van der Waals surface area contributed by atoms with Gasteiger partial charge in [-0.15, -0.1) is 0 Å². The lowest BCUT2D eigenvalue weighted by Gasteiger charge is -2.25. The predicted molar refractivity (Wildman–Crippen MR) is 163 cm³/mol. The van der Waals surface area contributed by atoms with E-state index in [9.17, 15) is 18.0 Å². The number of methoxy groups -OCH3 is 2. The lowest BCUT2D eigenvalue weighted by Crippen LogP contribution is -2.38. The Morgan fingerprint density at radius 3 is 2.14 bits per heavy atom. The maximum atomic E-state index is 13.9. The molecule has 2 amide bonds. The number of anilines is 2. The van der Waals surface area contributed by atoms with E-state index in [-0.39, 0.29) is 33.8 Å². The minimum absolute atomic E-state index is 0.0804. The second kappa shape index (κ2) is 13.2. The van der Waals surface area contributed by atoms with Crippen molar-refractivity contribution < 1.29 is 27.5 Å². The fraction of sp³-hybridized carbons (Fsp3) is 0.188. The van der Waals surface area contributed by atoms with Crippen LogP contribution >= 0.6 is 0 Å². The fourth-order valence-electron chi connectivity index (χ4n) is 4.34. The molecule has 0 saturated heterocycles. The zero-order chi connectivity index (χ0) is 30.3. The zero-order valence-corrected chi connectivity index (χ0v) is 24.6. The third-order valence-electron chi connectivity index (χ3n) is 6.65. The van der Waals surface area contributed by atoms with Crippen LogP contribution in [0, 0.1) is 6.92 Å². The van der Waals surface area contributed by atoms with Crippen LogP contribution in [0.4, 0.5) is 11.4 Å². The number of rotatable bonds is 11. The first-order valence-corrected chi connectivity index (χ1v) is 14.6.